The fourth-order valence-electron chi connectivity index (χ4n) is 10.4. The maximum atomic E-state index is 14.5. The molecule has 2 aliphatic heterocycles. The number of primary amides is 1. The van der Waals surface area contributed by atoms with Gasteiger partial charge in [-0.05, 0) is 129 Å². The van der Waals surface area contributed by atoms with E-state index in [2.05, 4.69) is 47.9 Å². The Morgan fingerprint density at radius 3 is 1.39 bits per heavy atom. The van der Waals surface area contributed by atoms with E-state index in [1.54, 1.807) is 27.7 Å². The molecule has 25 heteroatoms. The Balaban J connectivity index is 2.31. The number of hydrogen-bond donors (Lipinski definition) is 11. The van der Waals surface area contributed by atoms with Crippen molar-refractivity contribution < 1.29 is 62.6 Å². The fraction of sp³-hybridized carbons (Fsp3) is 0.797. The SMILES string of the molecule is CC[C@H](C)[C@H](NC(=O)[C@H](CC(C)C)NC(=O)[C@H](CCC(N)=O)NC(=O)[C@@](C)(CC)NC(C)=O)C(=O)NC(C)(C)C(=O)N1CCC[C@H]1C(=O)N[C@](C)(CC)C(=O)N[C@@H](CC(C)C)C(=O)NC(C)(C)C(=O)N1CCC[C@H]1C(=O)N[C@H](CO)CC(C)C. The zero-order valence-corrected chi connectivity index (χ0v) is 53.3. The number of hydrogen-bond acceptors (Lipinski definition) is 13. The summed E-state index contributed by atoms with van der Waals surface area (Å²) in [5.74, 6) is -8.30. The van der Waals surface area contributed by atoms with Crippen molar-refractivity contribution in [2.45, 2.75) is 259 Å². The first-order valence-electron chi connectivity index (χ1n) is 30.1. The first-order chi connectivity index (χ1) is 38.8. The average molecular weight is 1190 g/mol. The highest BCUT2D eigenvalue weighted by Crippen LogP contribution is 2.26. The van der Waals surface area contributed by atoms with E-state index in [4.69, 9.17) is 5.73 Å². The molecule has 2 saturated heterocycles. The summed E-state index contributed by atoms with van der Waals surface area (Å²) in [6.07, 6.45) is 2.49. The Labute approximate surface area is 497 Å². The molecule has 25 nitrogen and oxygen atoms in total. The maximum absolute atomic E-state index is 14.5. The third kappa shape index (κ3) is 21.3. The lowest BCUT2D eigenvalue weighted by Gasteiger charge is -2.37. The predicted molar refractivity (Wildman–Crippen MR) is 316 cm³/mol. The van der Waals surface area contributed by atoms with Gasteiger partial charge in [0.1, 0.15) is 58.4 Å². The minimum absolute atomic E-state index is 0.0642. The highest BCUT2D eigenvalue weighted by atomic mass is 16.3. The predicted octanol–water partition coefficient (Wildman–Crippen LogP) is 1.21. The lowest BCUT2D eigenvalue weighted by molar-refractivity contribution is -0.146. The van der Waals surface area contributed by atoms with E-state index in [1.165, 1.54) is 58.3 Å². The van der Waals surface area contributed by atoms with Crippen LogP contribution in [0.3, 0.4) is 0 Å². The molecular weight excluding hydrogens is 1080 g/mol. The van der Waals surface area contributed by atoms with Crippen molar-refractivity contribution in [2.24, 2.45) is 29.4 Å². The summed E-state index contributed by atoms with van der Waals surface area (Å²) in [5.41, 5.74) is -0.785. The Bertz CT molecular complexity index is 2360. The van der Waals surface area contributed by atoms with E-state index < -0.39 is 135 Å². The third-order valence-electron chi connectivity index (χ3n) is 15.9. The Kier molecular flexibility index (Phi) is 28.3. The van der Waals surface area contributed by atoms with Crippen molar-refractivity contribution in [3.8, 4) is 0 Å². The monoisotopic (exact) mass is 1190 g/mol. The van der Waals surface area contributed by atoms with E-state index >= 15 is 0 Å². The van der Waals surface area contributed by atoms with Crippen LogP contribution in [0.4, 0.5) is 0 Å². The van der Waals surface area contributed by atoms with Crippen molar-refractivity contribution in [1.82, 2.24) is 57.7 Å². The molecule has 2 heterocycles. The number of carbonyl (C=O) groups is 12. The number of nitrogens with zero attached hydrogens (tertiary/aromatic N) is 2. The molecule has 0 aromatic rings. The maximum Gasteiger partial charge on any atom is 0.248 e. The molecule has 0 bridgehead atoms. The van der Waals surface area contributed by atoms with E-state index in [9.17, 15) is 62.6 Å². The van der Waals surface area contributed by atoms with Gasteiger partial charge >= 0.3 is 0 Å². The fourth-order valence-corrected chi connectivity index (χ4v) is 10.4. The second-order valence-corrected chi connectivity index (χ2v) is 25.9. The van der Waals surface area contributed by atoms with Crippen molar-refractivity contribution >= 4 is 70.9 Å². The van der Waals surface area contributed by atoms with Gasteiger partial charge in [-0.3, -0.25) is 57.5 Å². The molecule has 0 saturated carbocycles. The van der Waals surface area contributed by atoms with E-state index in [-0.39, 0.29) is 88.3 Å². The van der Waals surface area contributed by atoms with E-state index in [0.29, 0.717) is 32.1 Å². The van der Waals surface area contributed by atoms with Crippen LogP contribution in [0.2, 0.25) is 0 Å². The second-order valence-electron chi connectivity index (χ2n) is 25.9. The third-order valence-corrected chi connectivity index (χ3v) is 15.9. The number of aliphatic hydroxyl groups is 1. The molecule has 0 unspecified atom stereocenters. The smallest absolute Gasteiger partial charge is 0.248 e. The summed E-state index contributed by atoms with van der Waals surface area (Å²) in [6, 6.07) is -7.35. The summed E-state index contributed by atoms with van der Waals surface area (Å²) in [7, 11) is 0. The van der Waals surface area contributed by atoms with Crippen LogP contribution in [0.5, 0.6) is 0 Å². The highest BCUT2D eigenvalue weighted by molar-refractivity contribution is 6.01. The van der Waals surface area contributed by atoms with Gasteiger partial charge in [-0.1, -0.05) is 75.7 Å². The highest BCUT2D eigenvalue weighted by Gasteiger charge is 2.47. The Morgan fingerprint density at radius 2 is 0.964 bits per heavy atom. The van der Waals surface area contributed by atoms with Crippen LogP contribution in [0, 0.1) is 23.7 Å². The van der Waals surface area contributed by atoms with Crippen LogP contribution in [0.25, 0.3) is 0 Å². The van der Waals surface area contributed by atoms with Gasteiger partial charge in [0.05, 0.1) is 12.6 Å². The van der Waals surface area contributed by atoms with E-state index in [0.717, 1.165) is 0 Å². The van der Waals surface area contributed by atoms with Gasteiger partial charge in [0.15, 0.2) is 0 Å². The minimum atomic E-state index is -1.66. The van der Waals surface area contributed by atoms with Gasteiger partial charge in [-0.2, -0.15) is 0 Å². The molecule has 12 amide bonds. The van der Waals surface area contributed by atoms with Crippen molar-refractivity contribution in [3.63, 3.8) is 0 Å². The van der Waals surface area contributed by atoms with Gasteiger partial charge in [-0.25, -0.2) is 0 Å². The standard InChI is InChI=1S/C59H104N12O13/c1-18-36(10)45(65-47(76)40(30-34(6)7)62-46(75)39(25-26-44(60)74)63-52(81)58(16,19-2)66-37(11)73)51(80)68-57(14,15)55(84)71-28-22-24-43(71)50(79)69-59(17,20-3)53(82)64-41(31-35(8)9)48(77)67-56(12,13)54(83)70-27-21-23-42(70)49(78)61-38(32-72)29-33(4)5/h33-36,38-43,45,72H,18-32H2,1-17H3,(H2,60,74)(H,61,78)(H,62,75)(H,63,81)(H,64,82)(H,65,76)(H,66,73)(H,67,77)(H,68,80)(H,69,79)/t36-,38-,39-,40-,41-,42-,43-,45-,58+,59+/m0/s1. The number of amides is 12. The minimum Gasteiger partial charge on any atom is -0.394 e. The van der Waals surface area contributed by atoms with Crippen LogP contribution < -0.4 is 53.6 Å². The van der Waals surface area contributed by atoms with Crippen LogP contribution in [0.1, 0.15) is 195 Å². The number of likely N-dealkylation sites (tertiary alicyclic amines) is 2. The van der Waals surface area contributed by atoms with E-state index in [1.807, 2.05) is 41.5 Å². The molecule has 0 aromatic carbocycles. The lowest BCUT2D eigenvalue weighted by atomic mass is 9.94. The molecule has 12 N–H and O–H groups in total. The molecule has 2 aliphatic rings. The van der Waals surface area contributed by atoms with Gasteiger partial charge < -0.3 is 68.5 Å². The van der Waals surface area contributed by atoms with Crippen molar-refractivity contribution in [1.29, 1.82) is 0 Å². The molecule has 2 fully saturated rings. The zero-order chi connectivity index (χ0) is 64.4. The molecule has 2 rings (SSSR count). The Hall–Kier alpha value is -6.40. The van der Waals surface area contributed by atoms with Crippen molar-refractivity contribution in [2.75, 3.05) is 19.7 Å². The second kappa shape index (κ2) is 32.2. The summed E-state index contributed by atoms with van der Waals surface area (Å²) in [5, 5.41) is 34.6. The number of nitrogens with two attached hydrogens (primary N) is 1. The van der Waals surface area contributed by atoms with Gasteiger partial charge in [0, 0.05) is 26.4 Å². The normalized spacial score (nSPS) is 19.1. The molecule has 10 atom stereocenters. The van der Waals surface area contributed by atoms with Crippen LogP contribution in [-0.4, -0.2) is 170 Å². The topological polar surface area (TPSA) is 366 Å². The van der Waals surface area contributed by atoms with Crippen LogP contribution >= 0.6 is 0 Å². The summed E-state index contributed by atoms with van der Waals surface area (Å²) in [6.45, 7) is 28.5. The van der Waals surface area contributed by atoms with Gasteiger partial charge in [0.2, 0.25) is 70.9 Å². The lowest BCUT2D eigenvalue weighted by Crippen LogP contribution is -2.66. The number of aliphatic hydroxyl groups excluding tert-OH is 1. The van der Waals surface area contributed by atoms with Gasteiger partial charge in [-0.15, -0.1) is 0 Å². The molecule has 0 aliphatic carbocycles. The summed E-state index contributed by atoms with van der Waals surface area (Å²) in [4.78, 5) is 167. The average Bonchev–Trinajstić information content (AvgIpc) is 3.86. The zero-order valence-electron chi connectivity index (χ0n) is 53.3. The number of nitrogens with one attached hydrogen (secondary N) is 9. The van der Waals surface area contributed by atoms with Gasteiger partial charge in [0.25, 0.3) is 0 Å². The molecule has 478 valence electrons. The summed E-state index contributed by atoms with van der Waals surface area (Å²) >= 11 is 0. The molecule has 0 aromatic heterocycles. The first-order valence-corrected chi connectivity index (χ1v) is 30.1. The molecule has 0 spiro atoms. The quantitative estimate of drug-likeness (QED) is 0.0441. The first kappa shape index (κ1) is 73.7. The van der Waals surface area contributed by atoms with Crippen LogP contribution in [0.15, 0.2) is 0 Å². The molecule has 0 radical (unpaired) electrons. The molecular formula is C59H104N12O13. The van der Waals surface area contributed by atoms with Crippen LogP contribution in [-0.2, 0) is 57.5 Å². The number of carbonyl (C=O) groups excluding carboxylic acids is 12. The largest absolute Gasteiger partial charge is 0.394 e. The Morgan fingerprint density at radius 1 is 0.536 bits per heavy atom. The van der Waals surface area contributed by atoms with Crippen molar-refractivity contribution in [3.05, 3.63) is 0 Å². The number of rotatable bonds is 33. The summed E-state index contributed by atoms with van der Waals surface area (Å²) < 4.78 is 0. The molecule has 84 heavy (non-hydrogen) atoms.